The van der Waals surface area contributed by atoms with Gasteiger partial charge in [0, 0.05) is 12.1 Å². The molecule has 0 aliphatic rings. The fourth-order valence-corrected chi connectivity index (χ4v) is 2.02. The molecule has 5 nitrogen and oxygen atoms in total. The third-order valence-electron chi connectivity index (χ3n) is 3.22. The third-order valence-corrected chi connectivity index (χ3v) is 3.22. The van der Waals surface area contributed by atoms with Crippen molar-refractivity contribution < 1.29 is 23.5 Å². The number of esters is 1. The second-order valence-electron chi connectivity index (χ2n) is 5.05. The average Bonchev–Trinajstić information content (AvgIpc) is 2.56. The number of amides is 1. The molecule has 0 fully saturated rings. The number of benzene rings is 2. The summed E-state index contributed by atoms with van der Waals surface area (Å²) in [5.74, 6) is -0.664. The van der Waals surface area contributed by atoms with Crippen molar-refractivity contribution >= 4 is 17.6 Å². The molecule has 1 N–H and O–H groups in total. The zero-order valence-corrected chi connectivity index (χ0v) is 13.3. The van der Waals surface area contributed by atoms with Crippen LogP contribution >= 0.6 is 0 Å². The van der Waals surface area contributed by atoms with Crippen LogP contribution in [-0.4, -0.2) is 25.6 Å². The number of rotatable bonds is 7. The fourth-order valence-electron chi connectivity index (χ4n) is 2.02. The molecule has 0 unspecified atom stereocenters. The summed E-state index contributed by atoms with van der Waals surface area (Å²) < 4.78 is 23.1. The van der Waals surface area contributed by atoms with Gasteiger partial charge in [-0.1, -0.05) is 12.1 Å². The lowest BCUT2D eigenvalue weighted by Crippen LogP contribution is -2.17. The largest absolute Gasteiger partial charge is 0.493 e. The molecule has 0 heterocycles. The first-order valence-corrected chi connectivity index (χ1v) is 7.41. The highest BCUT2D eigenvalue weighted by Gasteiger charge is 2.09. The van der Waals surface area contributed by atoms with E-state index < -0.39 is 11.9 Å². The van der Waals surface area contributed by atoms with Gasteiger partial charge in [-0.25, -0.2) is 4.39 Å². The van der Waals surface area contributed by atoms with Crippen molar-refractivity contribution in [2.24, 2.45) is 0 Å². The molecule has 0 spiro atoms. The summed E-state index contributed by atoms with van der Waals surface area (Å²) in [7, 11) is 1.23. The molecule has 0 aliphatic heterocycles. The van der Waals surface area contributed by atoms with E-state index in [-0.39, 0.29) is 12.2 Å². The number of hydrogen-bond acceptors (Lipinski definition) is 4. The Bertz CT molecular complexity index is 700. The number of ether oxygens (including phenoxy) is 2. The molecule has 0 aromatic heterocycles. The Balaban J connectivity index is 1.79. The second-order valence-corrected chi connectivity index (χ2v) is 5.05. The molecule has 6 heteroatoms. The van der Waals surface area contributed by atoms with Gasteiger partial charge in [0.25, 0.3) is 0 Å². The van der Waals surface area contributed by atoms with Gasteiger partial charge in [-0.3, -0.25) is 9.59 Å². The minimum Gasteiger partial charge on any atom is -0.493 e. The van der Waals surface area contributed by atoms with Gasteiger partial charge in [-0.05, 0) is 42.0 Å². The van der Waals surface area contributed by atoms with Crippen LogP contribution in [-0.2, 0) is 20.7 Å². The highest BCUT2D eigenvalue weighted by atomic mass is 19.1. The van der Waals surface area contributed by atoms with Crippen LogP contribution in [0.3, 0.4) is 0 Å². The number of hydrogen-bond donors (Lipinski definition) is 1. The van der Waals surface area contributed by atoms with Crippen molar-refractivity contribution in [1.29, 1.82) is 0 Å². The number of halogens is 1. The lowest BCUT2D eigenvalue weighted by Gasteiger charge is -2.08. The molecule has 0 saturated heterocycles. The molecule has 0 atom stereocenters. The molecule has 2 aromatic carbocycles. The Morgan fingerprint density at radius 3 is 2.54 bits per heavy atom. The van der Waals surface area contributed by atoms with Gasteiger partial charge in [0.15, 0.2) is 0 Å². The molecule has 0 aliphatic carbocycles. The Labute approximate surface area is 139 Å². The number of carbonyl (C=O) groups is 2. The first-order valence-electron chi connectivity index (χ1n) is 7.41. The molecule has 1 amide bonds. The zero-order chi connectivity index (χ0) is 17.4. The maximum Gasteiger partial charge on any atom is 0.315 e. The minimum absolute atomic E-state index is 0.264. The summed E-state index contributed by atoms with van der Waals surface area (Å²) in [6.07, 6.45) is 0.262. The van der Waals surface area contributed by atoms with E-state index in [0.29, 0.717) is 24.5 Å². The maximum absolute atomic E-state index is 13.1. The molecule has 0 radical (unpaired) electrons. The van der Waals surface area contributed by atoms with Crippen LogP contribution in [0.5, 0.6) is 5.75 Å². The van der Waals surface area contributed by atoms with Crippen LogP contribution in [0.1, 0.15) is 12.0 Å². The van der Waals surface area contributed by atoms with Gasteiger partial charge in [0.1, 0.15) is 18.0 Å². The van der Waals surface area contributed by atoms with Gasteiger partial charge >= 0.3 is 5.97 Å². The van der Waals surface area contributed by atoms with Gasteiger partial charge in [-0.15, -0.1) is 0 Å². The normalized spacial score (nSPS) is 10.1. The summed E-state index contributed by atoms with van der Waals surface area (Å²) >= 11 is 0. The summed E-state index contributed by atoms with van der Waals surface area (Å²) in [5.41, 5.74) is 1.42. The average molecular weight is 331 g/mol. The predicted octanol–water partition coefficient (Wildman–Crippen LogP) is 2.95. The van der Waals surface area contributed by atoms with Crippen LogP contribution in [0.25, 0.3) is 0 Å². The van der Waals surface area contributed by atoms with Gasteiger partial charge in [0.05, 0.1) is 13.7 Å². The predicted molar refractivity (Wildman–Crippen MR) is 87.3 cm³/mol. The fraction of sp³-hybridized carbons (Fsp3) is 0.222. The molecule has 0 saturated carbocycles. The van der Waals surface area contributed by atoms with Crippen molar-refractivity contribution in [2.75, 3.05) is 19.0 Å². The Morgan fingerprint density at radius 1 is 1.12 bits per heavy atom. The standard InChI is InChI=1S/C18H18FNO4/c1-23-18(22)12-17(21)20-15-5-7-16(8-6-15)24-10-9-13-3-2-4-14(19)11-13/h2-8,11H,9-10,12H2,1H3,(H,20,21). The lowest BCUT2D eigenvalue weighted by atomic mass is 10.1. The summed E-state index contributed by atoms with van der Waals surface area (Å²) in [6.45, 7) is 0.414. The zero-order valence-electron chi connectivity index (χ0n) is 13.3. The van der Waals surface area contributed by atoms with Crippen LogP contribution in [0.4, 0.5) is 10.1 Å². The van der Waals surface area contributed by atoms with E-state index in [9.17, 15) is 14.0 Å². The first-order chi connectivity index (χ1) is 11.6. The van der Waals surface area contributed by atoms with Crippen LogP contribution < -0.4 is 10.1 Å². The van der Waals surface area contributed by atoms with Crippen molar-refractivity contribution in [1.82, 2.24) is 0 Å². The number of carbonyl (C=O) groups excluding carboxylic acids is 2. The van der Waals surface area contributed by atoms with Crippen molar-refractivity contribution in [3.63, 3.8) is 0 Å². The SMILES string of the molecule is COC(=O)CC(=O)Nc1ccc(OCCc2cccc(F)c2)cc1. The van der Waals surface area contributed by atoms with Gasteiger partial charge < -0.3 is 14.8 Å². The van der Waals surface area contributed by atoms with Crippen LogP contribution in [0, 0.1) is 5.82 Å². The lowest BCUT2D eigenvalue weighted by molar-refractivity contribution is -0.142. The van der Waals surface area contributed by atoms with Crippen molar-refractivity contribution in [3.8, 4) is 5.75 Å². The quantitative estimate of drug-likeness (QED) is 0.626. The molecular weight excluding hydrogens is 313 g/mol. The van der Waals surface area contributed by atoms with E-state index in [1.807, 2.05) is 6.07 Å². The molecule has 2 rings (SSSR count). The van der Waals surface area contributed by atoms with Crippen LogP contribution in [0.15, 0.2) is 48.5 Å². The molecule has 0 bridgehead atoms. The Kier molecular flexibility index (Phi) is 6.31. The highest BCUT2D eigenvalue weighted by Crippen LogP contribution is 2.16. The smallest absolute Gasteiger partial charge is 0.315 e. The number of anilines is 1. The minimum atomic E-state index is -0.593. The maximum atomic E-state index is 13.1. The van der Waals surface area contributed by atoms with E-state index in [4.69, 9.17) is 4.74 Å². The summed E-state index contributed by atoms with van der Waals surface area (Å²) in [5, 5.41) is 2.59. The number of nitrogens with one attached hydrogen (secondary N) is 1. The van der Waals surface area contributed by atoms with Gasteiger partial charge in [0.2, 0.25) is 5.91 Å². The number of methoxy groups -OCH3 is 1. The van der Waals surface area contributed by atoms with E-state index in [2.05, 4.69) is 10.1 Å². The molecule has 24 heavy (non-hydrogen) atoms. The van der Waals surface area contributed by atoms with Gasteiger partial charge in [-0.2, -0.15) is 0 Å². The van der Waals surface area contributed by atoms with E-state index in [0.717, 1.165) is 5.56 Å². The second kappa shape index (κ2) is 8.67. The molecular formula is C18H18FNO4. The summed E-state index contributed by atoms with van der Waals surface area (Å²) in [6, 6.07) is 13.1. The van der Waals surface area contributed by atoms with E-state index in [1.54, 1.807) is 30.3 Å². The van der Waals surface area contributed by atoms with Crippen molar-refractivity contribution in [2.45, 2.75) is 12.8 Å². The summed E-state index contributed by atoms with van der Waals surface area (Å²) in [4.78, 5) is 22.5. The Hall–Kier alpha value is -2.89. The first kappa shape index (κ1) is 17.5. The Morgan fingerprint density at radius 2 is 1.88 bits per heavy atom. The van der Waals surface area contributed by atoms with Crippen LogP contribution in [0.2, 0.25) is 0 Å². The topological polar surface area (TPSA) is 64.6 Å². The molecule has 2 aromatic rings. The van der Waals surface area contributed by atoms with Crippen molar-refractivity contribution in [3.05, 3.63) is 59.9 Å². The monoisotopic (exact) mass is 331 g/mol. The molecule has 126 valence electrons. The third kappa shape index (κ3) is 5.72. The van der Waals surface area contributed by atoms with E-state index >= 15 is 0 Å². The highest BCUT2D eigenvalue weighted by molar-refractivity contribution is 6.01. The van der Waals surface area contributed by atoms with E-state index in [1.165, 1.54) is 19.2 Å².